The molecule has 0 N–H and O–H groups in total. The topological polar surface area (TPSA) is 17.3 Å². The smallest absolute Gasteiger partial charge is 0.173 e. The van der Waals surface area contributed by atoms with E-state index in [0.29, 0.717) is 0 Å². The number of rotatable bonds is 1. The van der Waals surface area contributed by atoms with Crippen molar-refractivity contribution in [2.24, 2.45) is 0 Å². The third kappa shape index (κ3) is 0.759. The summed E-state index contributed by atoms with van der Waals surface area (Å²) >= 11 is 3.38. The van der Waals surface area contributed by atoms with Crippen molar-refractivity contribution in [3.05, 3.63) is 17.8 Å². The van der Waals surface area contributed by atoms with Crippen LogP contribution in [-0.4, -0.2) is 15.6 Å². The fourth-order valence-electron chi connectivity index (χ4n) is 0.866. The first-order valence-corrected chi connectivity index (χ1v) is 4.97. The number of nitrogens with zero attached hydrogens (tertiary/aromatic N) is 2. The van der Waals surface area contributed by atoms with Crippen LogP contribution in [0.5, 0.6) is 0 Å². The molecule has 52 valence electrons. The Bertz CT molecular complexity index is 336. The van der Waals surface area contributed by atoms with Crippen LogP contribution < -0.4 is 0 Å². The van der Waals surface area contributed by atoms with E-state index in [1.165, 1.54) is 4.83 Å². The Labute approximate surface area is 66.9 Å². The minimum absolute atomic E-state index is 1.07. The Balaban J connectivity index is 2.76. The number of fused-ring (bicyclic) bond motifs is 1. The lowest BCUT2D eigenvalue weighted by Gasteiger charge is -1.87. The summed E-state index contributed by atoms with van der Waals surface area (Å²) < 4.78 is 2.09. The zero-order valence-electron chi connectivity index (χ0n) is 5.44. The molecule has 0 radical (unpaired) electrons. The second-order valence-electron chi connectivity index (χ2n) is 1.86. The van der Waals surface area contributed by atoms with Gasteiger partial charge in [0.25, 0.3) is 0 Å². The van der Waals surface area contributed by atoms with Crippen LogP contribution in [0.2, 0.25) is 0 Å². The molecule has 0 amide bonds. The van der Waals surface area contributed by atoms with Gasteiger partial charge in [-0.3, -0.25) is 4.40 Å². The van der Waals surface area contributed by atoms with Gasteiger partial charge in [0.15, 0.2) is 5.16 Å². The summed E-state index contributed by atoms with van der Waals surface area (Å²) in [5.41, 5.74) is 0. The van der Waals surface area contributed by atoms with E-state index in [0.717, 1.165) is 5.16 Å². The quantitative estimate of drug-likeness (QED) is 0.610. The first-order valence-electron chi connectivity index (χ1n) is 2.86. The summed E-state index contributed by atoms with van der Waals surface area (Å²) in [4.78, 5) is 5.42. The van der Waals surface area contributed by atoms with Crippen LogP contribution in [-0.2, 0) is 0 Å². The molecule has 0 aromatic carbocycles. The van der Waals surface area contributed by atoms with Gasteiger partial charge in [-0.15, -0.1) is 11.3 Å². The average Bonchev–Trinajstić information content (AvgIpc) is 2.44. The van der Waals surface area contributed by atoms with Gasteiger partial charge in [0, 0.05) is 11.6 Å². The van der Waals surface area contributed by atoms with Crippen molar-refractivity contribution in [3.63, 3.8) is 0 Å². The first kappa shape index (κ1) is 6.24. The molecule has 0 aliphatic rings. The summed E-state index contributed by atoms with van der Waals surface area (Å²) in [5, 5.41) is 3.13. The molecule has 0 saturated carbocycles. The Morgan fingerprint density at radius 2 is 2.60 bits per heavy atom. The number of hydrogen-bond acceptors (Lipinski definition) is 3. The van der Waals surface area contributed by atoms with Gasteiger partial charge in [0.2, 0.25) is 0 Å². The maximum atomic E-state index is 4.21. The maximum Gasteiger partial charge on any atom is 0.173 e. The predicted octanol–water partition coefficient (Wildman–Crippen LogP) is 2.12. The molecule has 2 aromatic rings. The molecule has 10 heavy (non-hydrogen) atoms. The van der Waals surface area contributed by atoms with E-state index in [2.05, 4.69) is 14.8 Å². The highest BCUT2D eigenvalue weighted by molar-refractivity contribution is 7.98. The van der Waals surface area contributed by atoms with Gasteiger partial charge in [-0.05, 0) is 6.26 Å². The van der Waals surface area contributed by atoms with E-state index in [9.17, 15) is 0 Å². The normalized spacial score (nSPS) is 10.9. The molecule has 0 aliphatic carbocycles. The van der Waals surface area contributed by atoms with Gasteiger partial charge in [-0.25, -0.2) is 4.98 Å². The summed E-state index contributed by atoms with van der Waals surface area (Å²) in [6, 6.07) is 0. The van der Waals surface area contributed by atoms with Gasteiger partial charge in [0.1, 0.15) is 4.83 Å². The average molecular weight is 170 g/mol. The first-order chi connectivity index (χ1) is 4.92. The van der Waals surface area contributed by atoms with Gasteiger partial charge < -0.3 is 0 Å². The molecule has 2 nitrogen and oxygen atoms in total. The number of thiazole rings is 1. The molecule has 0 aliphatic heterocycles. The third-order valence-corrected chi connectivity index (χ3v) is 2.78. The molecule has 2 rings (SSSR count). The van der Waals surface area contributed by atoms with Crippen molar-refractivity contribution >= 4 is 27.9 Å². The lowest BCUT2D eigenvalue weighted by atomic mass is 10.9. The minimum atomic E-state index is 1.07. The van der Waals surface area contributed by atoms with Gasteiger partial charge in [0.05, 0.1) is 6.20 Å². The second-order valence-corrected chi connectivity index (χ2v) is 3.56. The van der Waals surface area contributed by atoms with Gasteiger partial charge in [-0.1, -0.05) is 11.8 Å². The zero-order valence-corrected chi connectivity index (χ0v) is 7.08. The number of imidazole rings is 1. The number of thioether (sulfide) groups is 1. The summed E-state index contributed by atoms with van der Waals surface area (Å²) in [6.07, 6.45) is 5.97. The molecule has 0 atom stereocenters. The van der Waals surface area contributed by atoms with Gasteiger partial charge >= 0.3 is 0 Å². The minimum Gasteiger partial charge on any atom is -0.285 e. The Morgan fingerprint density at radius 1 is 1.70 bits per heavy atom. The third-order valence-electron chi connectivity index (χ3n) is 1.31. The van der Waals surface area contributed by atoms with E-state index >= 15 is 0 Å². The Kier molecular flexibility index (Phi) is 1.43. The van der Waals surface area contributed by atoms with Crippen LogP contribution in [0.15, 0.2) is 22.9 Å². The summed E-state index contributed by atoms with van der Waals surface area (Å²) in [7, 11) is 0. The Hall–Kier alpha value is -0.480. The fraction of sp³-hybridized carbons (Fsp3) is 0.167. The largest absolute Gasteiger partial charge is 0.285 e. The van der Waals surface area contributed by atoms with Crippen LogP contribution in [0.25, 0.3) is 4.83 Å². The molecular formula is C6H6N2S2. The molecule has 2 aromatic heterocycles. The number of aromatic nitrogens is 2. The Morgan fingerprint density at radius 3 is 3.40 bits per heavy atom. The van der Waals surface area contributed by atoms with E-state index in [4.69, 9.17) is 0 Å². The molecule has 2 heterocycles. The van der Waals surface area contributed by atoms with Crippen molar-refractivity contribution < 1.29 is 0 Å². The van der Waals surface area contributed by atoms with Crippen LogP contribution in [0.1, 0.15) is 0 Å². The van der Waals surface area contributed by atoms with E-state index in [1.54, 1.807) is 23.1 Å². The SMILES string of the molecule is CSc1ncc2sccn12. The molecule has 0 spiro atoms. The van der Waals surface area contributed by atoms with Crippen molar-refractivity contribution in [3.8, 4) is 0 Å². The second kappa shape index (κ2) is 2.29. The summed E-state index contributed by atoms with van der Waals surface area (Å²) in [6.45, 7) is 0. The van der Waals surface area contributed by atoms with E-state index in [-0.39, 0.29) is 0 Å². The standard InChI is InChI=1S/C6H6N2S2/c1-9-6-7-4-5-8(6)2-3-10-5/h2-4H,1H3. The molecule has 4 heteroatoms. The molecule has 0 bridgehead atoms. The lowest BCUT2D eigenvalue weighted by molar-refractivity contribution is 0.972. The molecule has 0 fully saturated rings. The van der Waals surface area contributed by atoms with E-state index < -0.39 is 0 Å². The van der Waals surface area contributed by atoms with E-state index in [1.807, 2.05) is 18.6 Å². The van der Waals surface area contributed by atoms with Gasteiger partial charge in [-0.2, -0.15) is 0 Å². The highest BCUT2D eigenvalue weighted by Crippen LogP contribution is 2.18. The number of hydrogen-bond donors (Lipinski definition) is 0. The van der Waals surface area contributed by atoms with Crippen molar-refractivity contribution in [1.82, 2.24) is 9.38 Å². The van der Waals surface area contributed by atoms with Crippen molar-refractivity contribution in [1.29, 1.82) is 0 Å². The van der Waals surface area contributed by atoms with Crippen LogP contribution >= 0.6 is 23.1 Å². The molecule has 0 saturated heterocycles. The highest BCUT2D eigenvalue weighted by Gasteiger charge is 2.00. The molecular weight excluding hydrogens is 164 g/mol. The lowest BCUT2D eigenvalue weighted by Crippen LogP contribution is -1.78. The predicted molar refractivity (Wildman–Crippen MR) is 44.9 cm³/mol. The fourth-order valence-corrected chi connectivity index (χ4v) is 2.13. The molecule has 0 unspecified atom stereocenters. The van der Waals surface area contributed by atoms with Crippen LogP contribution in [0, 0.1) is 0 Å². The van der Waals surface area contributed by atoms with Crippen LogP contribution in [0.4, 0.5) is 0 Å². The van der Waals surface area contributed by atoms with Crippen molar-refractivity contribution in [2.75, 3.05) is 6.26 Å². The zero-order chi connectivity index (χ0) is 6.97. The van der Waals surface area contributed by atoms with Crippen LogP contribution in [0.3, 0.4) is 0 Å². The van der Waals surface area contributed by atoms with Crippen molar-refractivity contribution in [2.45, 2.75) is 5.16 Å². The maximum absolute atomic E-state index is 4.21. The highest BCUT2D eigenvalue weighted by atomic mass is 32.2. The monoisotopic (exact) mass is 170 g/mol. The summed E-state index contributed by atoms with van der Waals surface area (Å²) in [5.74, 6) is 0.